The summed E-state index contributed by atoms with van der Waals surface area (Å²) in [5.74, 6) is 0.395. The molecule has 1 atom stereocenters. The van der Waals surface area contributed by atoms with E-state index in [-0.39, 0.29) is 0 Å². The number of hydrogen-bond donors (Lipinski definition) is 1. The second-order valence-corrected chi connectivity index (χ2v) is 6.17. The van der Waals surface area contributed by atoms with Crippen molar-refractivity contribution in [3.63, 3.8) is 0 Å². The maximum atomic E-state index is 10.0. The third-order valence-electron chi connectivity index (χ3n) is 4.14. The van der Waals surface area contributed by atoms with E-state index in [0.29, 0.717) is 5.75 Å². The number of phenols is 1. The quantitative estimate of drug-likeness (QED) is 0.909. The lowest BCUT2D eigenvalue weighted by atomic mass is 10.1. The van der Waals surface area contributed by atoms with Gasteiger partial charge in [0, 0.05) is 37.8 Å². The molecule has 2 heterocycles. The number of piperazine rings is 1. The van der Waals surface area contributed by atoms with Gasteiger partial charge >= 0.3 is 0 Å². The van der Waals surface area contributed by atoms with Gasteiger partial charge in [-0.15, -0.1) is 0 Å². The van der Waals surface area contributed by atoms with E-state index in [2.05, 4.69) is 25.7 Å². The first-order chi connectivity index (χ1) is 8.74. The Morgan fingerprint density at radius 2 is 2.17 bits per heavy atom. The summed E-state index contributed by atoms with van der Waals surface area (Å²) >= 11 is 3.38. The van der Waals surface area contributed by atoms with Gasteiger partial charge in [-0.2, -0.15) is 0 Å². The molecule has 1 aromatic rings. The van der Waals surface area contributed by atoms with Gasteiger partial charge in [-0.05, 0) is 41.4 Å². The number of para-hydroxylation sites is 1. The number of halogens is 1. The Labute approximate surface area is 117 Å². The predicted octanol–water partition coefficient (Wildman–Crippen LogP) is 2.43. The average molecular weight is 311 g/mol. The Morgan fingerprint density at radius 3 is 3.06 bits per heavy atom. The minimum absolute atomic E-state index is 0.395. The molecule has 3 rings (SSSR count). The van der Waals surface area contributed by atoms with Crippen molar-refractivity contribution in [1.29, 1.82) is 0 Å². The highest BCUT2D eigenvalue weighted by Gasteiger charge is 2.30. The molecule has 0 aliphatic carbocycles. The summed E-state index contributed by atoms with van der Waals surface area (Å²) in [5, 5.41) is 10.0. The first kappa shape index (κ1) is 12.5. The molecule has 2 aliphatic heterocycles. The van der Waals surface area contributed by atoms with E-state index in [9.17, 15) is 5.11 Å². The largest absolute Gasteiger partial charge is 0.506 e. The smallest absolute Gasteiger partial charge is 0.134 e. The number of hydrogen-bond acceptors (Lipinski definition) is 3. The second kappa shape index (κ2) is 5.19. The van der Waals surface area contributed by atoms with Crippen LogP contribution in [0.25, 0.3) is 0 Å². The van der Waals surface area contributed by atoms with Crippen molar-refractivity contribution in [3.8, 4) is 5.75 Å². The normalized spacial score (nSPS) is 25.3. The van der Waals surface area contributed by atoms with E-state index in [1.165, 1.54) is 25.9 Å². The lowest BCUT2D eigenvalue weighted by molar-refractivity contribution is 0.0987. The van der Waals surface area contributed by atoms with Crippen LogP contribution in [0.15, 0.2) is 22.7 Å². The van der Waals surface area contributed by atoms with E-state index >= 15 is 0 Å². The number of aromatic hydroxyl groups is 1. The number of phenolic OH excluding ortho intramolecular Hbond substituents is 1. The molecule has 1 aromatic carbocycles. The number of nitrogens with zero attached hydrogens (tertiary/aromatic N) is 2. The molecule has 3 nitrogen and oxygen atoms in total. The minimum atomic E-state index is 0.395. The molecular weight excluding hydrogens is 292 g/mol. The van der Waals surface area contributed by atoms with Gasteiger partial charge in [0.1, 0.15) is 5.75 Å². The summed E-state index contributed by atoms with van der Waals surface area (Å²) in [6.45, 7) is 5.57. The van der Waals surface area contributed by atoms with Gasteiger partial charge in [-0.1, -0.05) is 12.1 Å². The van der Waals surface area contributed by atoms with Crippen LogP contribution in [0.4, 0.5) is 0 Å². The lowest BCUT2D eigenvalue weighted by Gasteiger charge is -2.37. The predicted molar refractivity (Wildman–Crippen MR) is 75.7 cm³/mol. The summed E-state index contributed by atoms with van der Waals surface area (Å²) in [6.07, 6.45) is 2.68. The molecule has 0 saturated carbocycles. The first-order valence-corrected chi connectivity index (χ1v) is 7.46. The highest BCUT2D eigenvalue weighted by atomic mass is 79.9. The summed E-state index contributed by atoms with van der Waals surface area (Å²) in [7, 11) is 0. The zero-order chi connectivity index (χ0) is 12.5. The highest BCUT2D eigenvalue weighted by molar-refractivity contribution is 9.10. The summed E-state index contributed by atoms with van der Waals surface area (Å²) in [4.78, 5) is 5.07. The van der Waals surface area contributed by atoms with Gasteiger partial charge < -0.3 is 5.11 Å². The minimum Gasteiger partial charge on any atom is -0.506 e. The van der Waals surface area contributed by atoms with E-state index in [4.69, 9.17) is 0 Å². The Bertz CT molecular complexity index is 438. The van der Waals surface area contributed by atoms with Crippen molar-refractivity contribution in [2.24, 2.45) is 0 Å². The SMILES string of the molecule is Oc1c(Br)cccc1CN1CCN2CCCC2C1. The van der Waals surface area contributed by atoms with Crippen LogP contribution in [-0.4, -0.2) is 47.1 Å². The third-order valence-corrected chi connectivity index (χ3v) is 4.78. The maximum absolute atomic E-state index is 10.0. The molecular formula is C14H19BrN2O. The van der Waals surface area contributed by atoms with Gasteiger partial charge in [0.05, 0.1) is 4.47 Å². The van der Waals surface area contributed by atoms with Crippen LogP contribution in [0.3, 0.4) is 0 Å². The topological polar surface area (TPSA) is 26.7 Å². The molecule has 1 unspecified atom stereocenters. The van der Waals surface area contributed by atoms with Crippen molar-refractivity contribution in [3.05, 3.63) is 28.2 Å². The van der Waals surface area contributed by atoms with E-state index in [1.54, 1.807) is 0 Å². The average Bonchev–Trinajstić information content (AvgIpc) is 2.82. The Morgan fingerprint density at radius 1 is 1.28 bits per heavy atom. The van der Waals surface area contributed by atoms with Crippen LogP contribution in [0.2, 0.25) is 0 Å². The molecule has 2 aliphatic rings. The molecule has 2 saturated heterocycles. The van der Waals surface area contributed by atoms with Crippen LogP contribution < -0.4 is 0 Å². The zero-order valence-corrected chi connectivity index (χ0v) is 12.1. The van der Waals surface area contributed by atoms with E-state index in [0.717, 1.165) is 35.7 Å². The molecule has 0 aromatic heterocycles. The second-order valence-electron chi connectivity index (χ2n) is 5.31. The maximum Gasteiger partial charge on any atom is 0.134 e. The lowest BCUT2D eigenvalue weighted by Crippen LogP contribution is -2.49. The molecule has 0 bridgehead atoms. The van der Waals surface area contributed by atoms with Crippen molar-refractivity contribution in [1.82, 2.24) is 9.80 Å². The standard InChI is InChI=1S/C14H19BrN2O/c15-13-5-1-3-11(14(13)18)9-16-7-8-17-6-2-4-12(17)10-16/h1,3,5,12,18H,2,4,6-10H2. The number of rotatable bonds is 2. The van der Waals surface area contributed by atoms with Gasteiger partial charge in [-0.25, -0.2) is 0 Å². The summed E-state index contributed by atoms with van der Waals surface area (Å²) in [5.41, 5.74) is 1.02. The Kier molecular flexibility index (Phi) is 3.59. The molecule has 0 radical (unpaired) electrons. The van der Waals surface area contributed by atoms with Crippen molar-refractivity contribution in [2.75, 3.05) is 26.2 Å². The first-order valence-electron chi connectivity index (χ1n) is 6.67. The van der Waals surface area contributed by atoms with Gasteiger partial charge in [0.15, 0.2) is 0 Å². The summed E-state index contributed by atoms with van der Waals surface area (Å²) in [6, 6.07) is 6.63. The molecule has 2 fully saturated rings. The van der Waals surface area contributed by atoms with Gasteiger partial charge in [0.2, 0.25) is 0 Å². The van der Waals surface area contributed by atoms with Crippen LogP contribution >= 0.6 is 15.9 Å². The number of benzene rings is 1. The number of fused-ring (bicyclic) bond motifs is 1. The van der Waals surface area contributed by atoms with Crippen LogP contribution in [-0.2, 0) is 6.54 Å². The fourth-order valence-corrected chi connectivity index (χ4v) is 3.53. The van der Waals surface area contributed by atoms with Crippen molar-refractivity contribution in [2.45, 2.75) is 25.4 Å². The molecule has 98 valence electrons. The van der Waals surface area contributed by atoms with Gasteiger partial charge in [-0.3, -0.25) is 9.80 Å². The van der Waals surface area contributed by atoms with Crippen LogP contribution in [0.1, 0.15) is 18.4 Å². The Hall–Kier alpha value is -0.580. The van der Waals surface area contributed by atoms with E-state index in [1.807, 2.05) is 18.2 Å². The highest BCUT2D eigenvalue weighted by Crippen LogP contribution is 2.29. The molecule has 0 spiro atoms. The van der Waals surface area contributed by atoms with Crippen LogP contribution in [0.5, 0.6) is 5.75 Å². The fraction of sp³-hybridized carbons (Fsp3) is 0.571. The molecule has 18 heavy (non-hydrogen) atoms. The Balaban J connectivity index is 1.68. The zero-order valence-electron chi connectivity index (χ0n) is 10.5. The molecule has 0 amide bonds. The third kappa shape index (κ3) is 2.42. The van der Waals surface area contributed by atoms with E-state index < -0.39 is 0 Å². The fourth-order valence-electron chi connectivity index (χ4n) is 3.13. The van der Waals surface area contributed by atoms with Crippen molar-refractivity contribution >= 4 is 15.9 Å². The monoisotopic (exact) mass is 310 g/mol. The molecule has 4 heteroatoms. The summed E-state index contributed by atoms with van der Waals surface area (Å²) < 4.78 is 0.791. The van der Waals surface area contributed by atoms with Crippen molar-refractivity contribution < 1.29 is 5.11 Å². The van der Waals surface area contributed by atoms with Crippen LogP contribution in [0, 0.1) is 0 Å². The molecule has 1 N–H and O–H groups in total. The van der Waals surface area contributed by atoms with Gasteiger partial charge in [0.25, 0.3) is 0 Å².